The summed E-state index contributed by atoms with van der Waals surface area (Å²) in [7, 11) is -3.77. The first kappa shape index (κ1) is 13.8. The molecule has 0 aliphatic heterocycles. The second-order valence-corrected chi connectivity index (χ2v) is 6.36. The Labute approximate surface area is 112 Å². The summed E-state index contributed by atoms with van der Waals surface area (Å²) < 4.78 is 26.5. The van der Waals surface area contributed by atoms with Gasteiger partial charge in [0, 0.05) is 6.04 Å². The number of carbonyl (C=O) groups excluding carboxylic acids is 1. The highest BCUT2D eigenvalue weighted by Gasteiger charge is 2.25. The molecule has 0 unspecified atom stereocenters. The molecule has 19 heavy (non-hydrogen) atoms. The van der Waals surface area contributed by atoms with E-state index < -0.39 is 10.0 Å². The van der Waals surface area contributed by atoms with Gasteiger partial charge in [-0.2, -0.15) is 0 Å². The third-order valence-electron chi connectivity index (χ3n) is 2.88. The van der Waals surface area contributed by atoms with Crippen LogP contribution in [0.5, 0.6) is 0 Å². The molecule has 1 amide bonds. The minimum Gasteiger partial charge on any atom is -0.398 e. The lowest BCUT2D eigenvalue weighted by Crippen LogP contribution is -2.38. The van der Waals surface area contributed by atoms with E-state index in [9.17, 15) is 13.2 Å². The van der Waals surface area contributed by atoms with Crippen molar-refractivity contribution in [1.29, 1.82) is 0 Å². The predicted molar refractivity (Wildman–Crippen MR) is 71.9 cm³/mol. The summed E-state index contributed by atoms with van der Waals surface area (Å²) in [5.74, 6) is -0.321. The van der Waals surface area contributed by atoms with Gasteiger partial charge in [0.1, 0.15) is 4.90 Å². The van der Waals surface area contributed by atoms with Gasteiger partial charge in [-0.3, -0.25) is 4.79 Å². The number of nitrogen functional groups attached to an aromatic ring is 1. The molecule has 6 nitrogen and oxygen atoms in total. The Kier molecular flexibility index (Phi) is 3.77. The first-order valence-electron chi connectivity index (χ1n) is 6.04. The number of carbonyl (C=O) groups is 1. The van der Waals surface area contributed by atoms with Gasteiger partial charge >= 0.3 is 0 Å². The van der Waals surface area contributed by atoms with Crippen LogP contribution in [0.2, 0.25) is 0 Å². The summed E-state index contributed by atoms with van der Waals surface area (Å²) in [6.07, 6.45) is 1.92. The molecule has 0 radical (unpaired) electrons. The quantitative estimate of drug-likeness (QED) is 0.669. The molecule has 0 saturated heterocycles. The summed E-state index contributed by atoms with van der Waals surface area (Å²) >= 11 is 0. The number of nitrogens with two attached hydrogens (primary N) is 1. The SMILES string of the molecule is Cc1cccc(N)c1S(=O)(=O)NCC(=O)NC1CC1. The van der Waals surface area contributed by atoms with E-state index in [-0.39, 0.29) is 29.1 Å². The first-order valence-corrected chi connectivity index (χ1v) is 7.52. The van der Waals surface area contributed by atoms with E-state index >= 15 is 0 Å². The third kappa shape index (κ3) is 3.45. The minimum absolute atomic E-state index is 0.0363. The van der Waals surface area contributed by atoms with Gasteiger partial charge in [0.2, 0.25) is 15.9 Å². The lowest BCUT2D eigenvalue weighted by molar-refractivity contribution is -0.120. The molecule has 7 heteroatoms. The lowest BCUT2D eigenvalue weighted by Gasteiger charge is -2.11. The van der Waals surface area contributed by atoms with Gasteiger partial charge in [0.05, 0.1) is 12.2 Å². The highest BCUT2D eigenvalue weighted by molar-refractivity contribution is 7.89. The normalized spacial score (nSPS) is 15.2. The Morgan fingerprint density at radius 2 is 2.11 bits per heavy atom. The molecule has 0 atom stereocenters. The molecule has 0 aromatic heterocycles. The number of sulfonamides is 1. The summed E-state index contributed by atoms with van der Waals surface area (Å²) in [4.78, 5) is 11.5. The van der Waals surface area contributed by atoms with E-state index in [2.05, 4.69) is 10.0 Å². The highest BCUT2D eigenvalue weighted by atomic mass is 32.2. The zero-order valence-corrected chi connectivity index (χ0v) is 11.5. The Morgan fingerprint density at radius 3 is 2.68 bits per heavy atom. The highest BCUT2D eigenvalue weighted by Crippen LogP contribution is 2.22. The van der Waals surface area contributed by atoms with Gasteiger partial charge in [-0.25, -0.2) is 13.1 Å². The minimum atomic E-state index is -3.77. The number of nitrogens with one attached hydrogen (secondary N) is 2. The van der Waals surface area contributed by atoms with E-state index in [1.54, 1.807) is 19.1 Å². The van der Waals surface area contributed by atoms with E-state index in [1.165, 1.54) is 6.07 Å². The summed E-state index contributed by atoms with van der Waals surface area (Å²) in [6.45, 7) is 1.39. The molecule has 0 spiro atoms. The topological polar surface area (TPSA) is 101 Å². The number of aryl methyl sites for hydroxylation is 1. The summed E-state index contributed by atoms with van der Waals surface area (Å²) in [5.41, 5.74) is 6.41. The summed E-state index contributed by atoms with van der Waals surface area (Å²) in [5, 5.41) is 2.71. The molecule has 0 heterocycles. The Hall–Kier alpha value is -1.60. The standard InChI is InChI=1S/C12H17N3O3S/c1-8-3-2-4-10(13)12(8)19(17,18)14-7-11(16)15-9-5-6-9/h2-4,9,14H,5-7,13H2,1H3,(H,15,16). The fraction of sp³-hybridized carbons (Fsp3) is 0.417. The first-order chi connectivity index (χ1) is 8.90. The second-order valence-electron chi connectivity index (χ2n) is 4.66. The molecule has 4 N–H and O–H groups in total. The van der Waals surface area contributed by atoms with Gasteiger partial charge in [0.25, 0.3) is 0 Å². The number of rotatable bonds is 5. The number of amides is 1. The molecule has 1 aliphatic carbocycles. The maximum atomic E-state index is 12.1. The monoisotopic (exact) mass is 283 g/mol. The molecule has 0 bridgehead atoms. The molecule has 1 aliphatic rings. The van der Waals surface area contributed by atoms with Crippen LogP contribution in [-0.2, 0) is 14.8 Å². The molecular weight excluding hydrogens is 266 g/mol. The molecule has 1 saturated carbocycles. The molecule has 2 rings (SSSR count). The van der Waals surface area contributed by atoms with Gasteiger partial charge < -0.3 is 11.1 Å². The van der Waals surface area contributed by atoms with Crippen LogP contribution in [0, 0.1) is 6.92 Å². The third-order valence-corrected chi connectivity index (χ3v) is 4.50. The van der Waals surface area contributed by atoms with Crippen LogP contribution < -0.4 is 15.8 Å². The number of benzene rings is 1. The Balaban J connectivity index is 2.07. The maximum Gasteiger partial charge on any atom is 0.243 e. The van der Waals surface area contributed by atoms with Crippen molar-refractivity contribution in [2.75, 3.05) is 12.3 Å². The zero-order chi connectivity index (χ0) is 14.0. The van der Waals surface area contributed by atoms with E-state index in [1.807, 2.05) is 0 Å². The predicted octanol–water partition coefficient (Wildman–Crippen LogP) is 0.134. The van der Waals surface area contributed by atoms with Crippen molar-refractivity contribution in [3.05, 3.63) is 23.8 Å². The molecule has 1 fully saturated rings. The number of hydrogen-bond acceptors (Lipinski definition) is 4. The van der Waals surface area contributed by atoms with E-state index in [0.717, 1.165) is 12.8 Å². The summed E-state index contributed by atoms with van der Waals surface area (Å²) in [6, 6.07) is 5.07. The van der Waals surface area contributed by atoms with Crippen LogP contribution >= 0.6 is 0 Å². The Morgan fingerprint density at radius 1 is 1.42 bits per heavy atom. The second kappa shape index (κ2) is 5.18. The van der Waals surface area contributed by atoms with E-state index in [0.29, 0.717) is 5.56 Å². The average Bonchev–Trinajstić information content (AvgIpc) is 3.10. The lowest BCUT2D eigenvalue weighted by atomic mass is 10.2. The molecular formula is C12H17N3O3S. The fourth-order valence-corrected chi connectivity index (χ4v) is 3.12. The van der Waals surface area contributed by atoms with Gasteiger partial charge in [-0.1, -0.05) is 12.1 Å². The van der Waals surface area contributed by atoms with Crippen LogP contribution in [0.15, 0.2) is 23.1 Å². The van der Waals surface area contributed by atoms with Crippen molar-refractivity contribution in [3.63, 3.8) is 0 Å². The van der Waals surface area contributed by atoms with Crippen LogP contribution in [-0.4, -0.2) is 26.9 Å². The van der Waals surface area contributed by atoms with Gasteiger partial charge in [-0.15, -0.1) is 0 Å². The van der Waals surface area contributed by atoms with Crippen LogP contribution in [0.3, 0.4) is 0 Å². The molecule has 1 aromatic rings. The van der Waals surface area contributed by atoms with Crippen molar-refractivity contribution in [3.8, 4) is 0 Å². The van der Waals surface area contributed by atoms with Crippen molar-refractivity contribution >= 4 is 21.6 Å². The van der Waals surface area contributed by atoms with E-state index in [4.69, 9.17) is 5.73 Å². The fourth-order valence-electron chi connectivity index (χ4n) is 1.78. The van der Waals surface area contributed by atoms with Crippen LogP contribution in [0.25, 0.3) is 0 Å². The van der Waals surface area contributed by atoms with Crippen molar-refractivity contribution in [2.45, 2.75) is 30.7 Å². The number of hydrogen-bond donors (Lipinski definition) is 3. The largest absolute Gasteiger partial charge is 0.398 e. The molecule has 1 aromatic carbocycles. The van der Waals surface area contributed by atoms with Gasteiger partial charge in [-0.05, 0) is 31.4 Å². The number of anilines is 1. The van der Waals surface area contributed by atoms with Crippen LogP contribution in [0.1, 0.15) is 18.4 Å². The zero-order valence-electron chi connectivity index (χ0n) is 10.6. The Bertz CT molecular complexity index is 574. The average molecular weight is 283 g/mol. The van der Waals surface area contributed by atoms with Crippen molar-refractivity contribution in [1.82, 2.24) is 10.0 Å². The van der Waals surface area contributed by atoms with Crippen molar-refractivity contribution < 1.29 is 13.2 Å². The molecule has 104 valence electrons. The smallest absolute Gasteiger partial charge is 0.243 e. The van der Waals surface area contributed by atoms with Crippen LogP contribution in [0.4, 0.5) is 5.69 Å². The maximum absolute atomic E-state index is 12.1. The van der Waals surface area contributed by atoms with Crippen molar-refractivity contribution in [2.24, 2.45) is 0 Å². The van der Waals surface area contributed by atoms with Gasteiger partial charge in [0.15, 0.2) is 0 Å².